The van der Waals surface area contributed by atoms with Crippen molar-refractivity contribution in [2.24, 2.45) is 0 Å². The van der Waals surface area contributed by atoms with Crippen LogP contribution in [0.15, 0.2) is 122 Å². The number of phosphoric acid groups is 1. The third-order valence-electron chi connectivity index (χ3n) is 10.0. The van der Waals surface area contributed by atoms with Gasteiger partial charge in [0.05, 0.1) is 27.7 Å². The minimum atomic E-state index is -4.40. The van der Waals surface area contributed by atoms with Crippen LogP contribution in [0.25, 0.3) is 0 Å². The summed E-state index contributed by atoms with van der Waals surface area (Å²) in [5, 5.41) is 0. The number of quaternary nitrogens is 1. The molecule has 10 heteroatoms. The van der Waals surface area contributed by atoms with Gasteiger partial charge in [0.2, 0.25) is 0 Å². The van der Waals surface area contributed by atoms with E-state index in [1.54, 1.807) is 0 Å². The maximum absolute atomic E-state index is 12.7. The summed E-state index contributed by atoms with van der Waals surface area (Å²) in [6, 6.07) is 0. The Morgan fingerprint density at radius 1 is 0.470 bits per heavy atom. The Labute approximate surface area is 403 Å². The predicted molar refractivity (Wildman–Crippen MR) is 279 cm³/mol. The number of carbonyl (C=O) groups excluding carboxylic acids is 2. The molecule has 0 aromatic heterocycles. The van der Waals surface area contributed by atoms with Crippen LogP contribution < -0.4 is 0 Å². The number of rotatable bonds is 44. The molecule has 374 valence electrons. The van der Waals surface area contributed by atoms with Crippen LogP contribution in [0.1, 0.15) is 168 Å². The summed E-state index contributed by atoms with van der Waals surface area (Å²) in [6.45, 7) is 4.08. The fourth-order valence-electron chi connectivity index (χ4n) is 6.15. The molecule has 0 aliphatic heterocycles. The summed E-state index contributed by atoms with van der Waals surface area (Å²) in [7, 11) is 1.42. The van der Waals surface area contributed by atoms with Crippen LogP contribution in [0.5, 0.6) is 0 Å². The van der Waals surface area contributed by atoms with Crippen LogP contribution in [0.3, 0.4) is 0 Å². The Balaban J connectivity index is 4.26. The molecule has 0 amide bonds. The Hall–Kier alpha value is -3.59. The van der Waals surface area contributed by atoms with Gasteiger partial charge >= 0.3 is 19.8 Å². The Morgan fingerprint density at radius 2 is 0.848 bits per heavy atom. The molecule has 0 saturated heterocycles. The van der Waals surface area contributed by atoms with Gasteiger partial charge < -0.3 is 18.9 Å². The van der Waals surface area contributed by atoms with Crippen molar-refractivity contribution in [2.75, 3.05) is 47.5 Å². The molecule has 0 saturated carbocycles. The number of phosphoric ester groups is 1. The predicted octanol–water partition coefficient (Wildman–Crippen LogP) is 15.2. The van der Waals surface area contributed by atoms with Gasteiger partial charge in [-0.1, -0.05) is 187 Å². The van der Waals surface area contributed by atoms with E-state index in [4.69, 9.17) is 18.5 Å². The zero-order valence-electron chi connectivity index (χ0n) is 42.1. The van der Waals surface area contributed by atoms with Crippen molar-refractivity contribution in [3.63, 3.8) is 0 Å². The summed E-state index contributed by atoms with van der Waals surface area (Å²) in [5.41, 5.74) is 0. The van der Waals surface area contributed by atoms with E-state index in [9.17, 15) is 19.0 Å². The highest BCUT2D eigenvalue weighted by Crippen LogP contribution is 2.43. The van der Waals surface area contributed by atoms with Crippen LogP contribution in [0.2, 0.25) is 0 Å². The summed E-state index contributed by atoms with van der Waals surface area (Å²) in [4.78, 5) is 35.4. The first-order valence-corrected chi connectivity index (χ1v) is 26.8. The molecule has 0 radical (unpaired) electrons. The van der Waals surface area contributed by atoms with Crippen LogP contribution in [0, 0.1) is 0 Å². The van der Waals surface area contributed by atoms with Crippen LogP contribution >= 0.6 is 7.82 Å². The fourth-order valence-corrected chi connectivity index (χ4v) is 6.89. The van der Waals surface area contributed by atoms with E-state index in [0.29, 0.717) is 23.9 Å². The van der Waals surface area contributed by atoms with Gasteiger partial charge in [-0.2, -0.15) is 0 Å². The molecule has 0 aromatic carbocycles. The quantitative estimate of drug-likeness (QED) is 0.0212. The van der Waals surface area contributed by atoms with Crippen LogP contribution in [0.4, 0.5) is 0 Å². The zero-order valence-corrected chi connectivity index (χ0v) is 43.0. The third kappa shape index (κ3) is 49.8. The van der Waals surface area contributed by atoms with Gasteiger partial charge in [-0.05, 0) is 89.9 Å². The second-order valence-electron chi connectivity index (χ2n) is 17.4. The summed E-state index contributed by atoms with van der Waals surface area (Å²) >= 11 is 0. The number of hydrogen-bond acceptors (Lipinski definition) is 7. The van der Waals surface area contributed by atoms with Gasteiger partial charge in [0.15, 0.2) is 6.10 Å². The number of unbranched alkanes of at least 4 members (excludes halogenated alkanes) is 10. The number of likely N-dealkylation sites (N-methyl/N-ethyl adjacent to an activating group) is 1. The van der Waals surface area contributed by atoms with E-state index < -0.39 is 32.5 Å². The van der Waals surface area contributed by atoms with E-state index in [1.807, 2.05) is 33.3 Å². The van der Waals surface area contributed by atoms with E-state index in [2.05, 4.69) is 123 Å². The molecule has 1 N–H and O–H groups in total. The summed E-state index contributed by atoms with van der Waals surface area (Å²) < 4.78 is 34.3. The summed E-state index contributed by atoms with van der Waals surface area (Å²) in [6.07, 6.45) is 65.7. The zero-order chi connectivity index (χ0) is 48.5. The molecule has 66 heavy (non-hydrogen) atoms. The molecule has 0 fully saturated rings. The Kier molecular flexibility index (Phi) is 44.0. The van der Waals surface area contributed by atoms with Gasteiger partial charge in [-0.3, -0.25) is 18.6 Å². The van der Waals surface area contributed by atoms with Crippen LogP contribution in [-0.2, 0) is 32.7 Å². The highest BCUT2D eigenvalue weighted by molar-refractivity contribution is 7.47. The number of esters is 2. The molecule has 0 spiro atoms. The maximum Gasteiger partial charge on any atom is 0.472 e. The topological polar surface area (TPSA) is 108 Å². The minimum Gasteiger partial charge on any atom is -0.462 e. The first-order chi connectivity index (χ1) is 32.0. The number of nitrogens with zero attached hydrogens (tertiary/aromatic N) is 1. The van der Waals surface area contributed by atoms with Crippen molar-refractivity contribution in [1.29, 1.82) is 0 Å². The molecule has 0 bridgehead atoms. The molecule has 9 nitrogen and oxygen atoms in total. The molecular formula is C56H93NO8P+. The minimum absolute atomic E-state index is 0.0136. The standard InChI is InChI=1S/C56H92NO8P/c1-6-8-10-12-14-16-18-20-21-22-23-24-25-26-27-28-29-30-31-32-33-34-35-37-39-41-43-45-47-49-56(59)65-54(53-64-66(60,61)63-51-50-57(3,4)5)52-62-55(58)48-46-44-42-40-38-36-19-17-15-13-11-9-7-2/h8-11,14-17,20-21,23-24,26-27,29-30,36,38,42,44,54H,6-7,12-13,18-19,22,25,28,31-35,37,39-41,43,45-53H2,1-5H3/p+1/b10-8-,11-9-,16-14-,17-15-,21-20-,24-23-,27-26-,30-29-,38-36-,44-42-. The average Bonchev–Trinajstić information content (AvgIpc) is 3.27. The molecule has 0 aliphatic rings. The number of hydrogen-bond donors (Lipinski definition) is 1. The second kappa shape index (κ2) is 46.5. The molecule has 0 rings (SSSR count). The molecule has 0 aliphatic carbocycles. The van der Waals surface area contributed by atoms with Gasteiger partial charge in [0.25, 0.3) is 0 Å². The average molecular weight is 939 g/mol. The molecule has 2 unspecified atom stereocenters. The van der Waals surface area contributed by atoms with Gasteiger partial charge in [0.1, 0.15) is 19.8 Å². The van der Waals surface area contributed by atoms with E-state index in [0.717, 1.165) is 89.9 Å². The van der Waals surface area contributed by atoms with Crippen molar-refractivity contribution in [3.8, 4) is 0 Å². The fraction of sp³-hybridized carbons (Fsp3) is 0.607. The van der Waals surface area contributed by atoms with Crippen molar-refractivity contribution in [2.45, 2.75) is 174 Å². The number of ether oxygens (including phenoxy) is 2. The van der Waals surface area contributed by atoms with Crippen molar-refractivity contribution >= 4 is 19.8 Å². The largest absolute Gasteiger partial charge is 0.472 e. The molecule has 0 heterocycles. The first kappa shape index (κ1) is 62.4. The van der Waals surface area contributed by atoms with Crippen LogP contribution in [-0.4, -0.2) is 74.9 Å². The highest BCUT2D eigenvalue weighted by atomic mass is 31.2. The van der Waals surface area contributed by atoms with E-state index >= 15 is 0 Å². The van der Waals surface area contributed by atoms with Crippen molar-refractivity contribution in [1.82, 2.24) is 0 Å². The molecule has 0 aromatic rings. The summed E-state index contributed by atoms with van der Waals surface area (Å²) in [5.74, 6) is -0.909. The highest BCUT2D eigenvalue weighted by Gasteiger charge is 2.27. The molecular weight excluding hydrogens is 846 g/mol. The lowest BCUT2D eigenvalue weighted by atomic mass is 10.0. The normalized spacial score (nSPS) is 14.5. The van der Waals surface area contributed by atoms with Crippen molar-refractivity contribution in [3.05, 3.63) is 122 Å². The number of allylic oxidation sites excluding steroid dienone is 20. The van der Waals surface area contributed by atoms with E-state index in [1.165, 1.54) is 38.5 Å². The third-order valence-corrected chi connectivity index (χ3v) is 11.0. The lowest BCUT2D eigenvalue weighted by molar-refractivity contribution is -0.870. The number of carbonyl (C=O) groups is 2. The smallest absolute Gasteiger partial charge is 0.462 e. The lowest BCUT2D eigenvalue weighted by Crippen LogP contribution is -2.37. The first-order valence-electron chi connectivity index (χ1n) is 25.3. The van der Waals surface area contributed by atoms with Crippen molar-refractivity contribution < 1.29 is 42.1 Å². The van der Waals surface area contributed by atoms with Gasteiger partial charge in [-0.15, -0.1) is 0 Å². The van der Waals surface area contributed by atoms with Gasteiger partial charge in [-0.25, -0.2) is 4.57 Å². The van der Waals surface area contributed by atoms with E-state index in [-0.39, 0.29) is 26.1 Å². The monoisotopic (exact) mass is 939 g/mol. The van der Waals surface area contributed by atoms with Gasteiger partial charge in [0, 0.05) is 12.8 Å². The lowest BCUT2D eigenvalue weighted by Gasteiger charge is -2.24. The maximum atomic E-state index is 12.7. The second-order valence-corrected chi connectivity index (χ2v) is 18.9. The molecule has 2 atom stereocenters. The Morgan fingerprint density at radius 3 is 1.27 bits per heavy atom. The SMILES string of the molecule is CC/C=C\C/C=C\C/C=C\C/C=C\C/C=C\C/C=C\CCCCCCCCCCCCC(=O)OC(COC(=O)CC/C=C\C/C=C\C/C=C\C/C=C\CC)COP(=O)(O)OCC[N+](C)(C)C. The Bertz CT molecular complexity index is 1530.